The summed E-state index contributed by atoms with van der Waals surface area (Å²) in [7, 11) is 0. The van der Waals surface area contributed by atoms with Gasteiger partial charge in [0, 0.05) is 0 Å². The Bertz CT molecular complexity index is 895. The fourth-order valence-electron chi connectivity index (χ4n) is 2.30. The standard InChI is InChI=1S/C14H8ClN3O4/c15-7-2-1-3-8-12(7)17-9(6-16-8)13-14(22-13)10-4-5-11(21-10)18(19)20/h1-6,13-14H. The van der Waals surface area contributed by atoms with E-state index < -0.39 is 4.92 Å². The van der Waals surface area contributed by atoms with Crippen molar-refractivity contribution in [3.05, 3.63) is 63.1 Å². The number of aromatic nitrogens is 2. The zero-order chi connectivity index (χ0) is 15.3. The van der Waals surface area contributed by atoms with Crippen molar-refractivity contribution >= 4 is 28.5 Å². The number of epoxide rings is 1. The van der Waals surface area contributed by atoms with E-state index in [0.717, 1.165) is 0 Å². The van der Waals surface area contributed by atoms with E-state index in [-0.39, 0.29) is 18.1 Å². The number of benzene rings is 1. The number of nitro groups is 1. The lowest BCUT2D eigenvalue weighted by molar-refractivity contribution is -0.402. The zero-order valence-electron chi connectivity index (χ0n) is 11.0. The number of ether oxygens (including phenoxy) is 1. The number of para-hydroxylation sites is 1. The van der Waals surface area contributed by atoms with Crippen LogP contribution in [-0.4, -0.2) is 14.9 Å². The molecule has 0 aliphatic carbocycles. The summed E-state index contributed by atoms with van der Waals surface area (Å²) >= 11 is 6.11. The maximum atomic E-state index is 10.6. The van der Waals surface area contributed by atoms with Gasteiger partial charge in [-0.2, -0.15) is 0 Å². The molecule has 8 heteroatoms. The molecule has 2 aromatic heterocycles. The summed E-state index contributed by atoms with van der Waals surface area (Å²) in [6, 6.07) is 8.20. The van der Waals surface area contributed by atoms with E-state index in [4.69, 9.17) is 20.8 Å². The van der Waals surface area contributed by atoms with E-state index in [1.807, 2.05) is 6.07 Å². The number of fused-ring (bicyclic) bond motifs is 1. The highest BCUT2D eigenvalue weighted by molar-refractivity contribution is 6.34. The Hall–Kier alpha value is -2.51. The van der Waals surface area contributed by atoms with Crippen molar-refractivity contribution < 1.29 is 14.1 Å². The minimum absolute atomic E-state index is 0.308. The first-order chi connectivity index (χ1) is 10.6. The van der Waals surface area contributed by atoms with E-state index in [1.54, 1.807) is 18.3 Å². The third-order valence-corrected chi connectivity index (χ3v) is 3.70. The average Bonchev–Trinajstić information content (AvgIpc) is 3.15. The maximum Gasteiger partial charge on any atom is 0.433 e. The average molecular weight is 318 g/mol. The molecule has 4 rings (SSSR count). The molecule has 2 atom stereocenters. The second-order valence-electron chi connectivity index (χ2n) is 4.81. The van der Waals surface area contributed by atoms with Crippen molar-refractivity contribution in [2.75, 3.05) is 0 Å². The molecule has 0 amide bonds. The molecule has 0 spiro atoms. The topological polar surface area (TPSA) is 94.6 Å². The fraction of sp³-hybridized carbons (Fsp3) is 0.143. The lowest BCUT2D eigenvalue weighted by Gasteiger charge is -2.00. The summed E-state index contributed by atoms with van der Waals surface area (Å²) in [5.41, 5.74) is 1.91. The molecule has 0 radical (unpaired) electrons. The monoisotopic (exact) mass is 317 g/mol. The first-order valence-corrected chi connectivity index (χ1v) is 6.82. The third-order valence-electron chi connectivity index (χ3n) is 3.40. The summed E-state index contributed by atoms with van der Waals surface area (Å²) in [4.78, 5) is 18.8. The SMILES string of the molecule is O=[N+]([O-])c1ccc(C2OC2c2cnc3cccc(Cl)c3n2)o1. The van der Waals surface area contributed by atoms with E-state index in [9.17, 15) is 10.1 Å². The molecule has 0 N–H and O–H groups in total. The van der Waals surface area contributed by atoms with Gasteiger partial charge in [0.25, 0.3) is 0 Å². The van der Waals surface area contributed by atoms with Gasteiger partial charge in [0.15, 0.2) is 0 Å². The highest BCUT2D eigenvalue weighted by Gasteiger charge is 2.46. The van der Waals surface area contributed by atoms with Gasteiger partial charge in [-0.05, 0) is 18.2 Å². The van der Waals surface area contributed by atoms with E-state index in [1.165, 1.54) is 12.1 Å². The molecule has 1 aliphatic rings. The quantitative estimate of drug-likeness (QED) is 0.416. The van der Waals surface area contributed by atoms with Crippen LogP contribution in [-0.2, 0) is 4.74 Å². The van der Waals surface area contributed by atoms with Gasteiger partial charge < -0.3 is 9.15 Å². The molecule has 3 heterocycles. The van der Waals surface area contributed by atoms with Gasteiger partial charge in [-0.1, -0.05) is 17.7 Å². The van der Waals surface area contributed by atoms with Crippen LogP contribution in [0.25, 0.3) is 11.0 Å². The number of halogens is 1. The van der Waals surface area contributed by atoms with E-state index in [0.29, 0.717) is 27.5 Å². The van der Waals surface area contributed by atoms with Gasteiger partial charge in [-0.3, -0.25) is 15.1 Å². The highest BCUT2D eigenvalue weighted by atomic mass is 35.5. The second kappa shape index (κ2) is 4.75. The van der Waals surface area contributed by atoms with Crippen molar-refractivity contribution in [1.29, 1.82) is 0 Å². The molecule has 3 aromatic rings. The predicted molar refractivity (Wildman–Crippen MR) is 76.5 cm³/mol. The molecule has 1 saturated heterocycles. The van der Waals surface area contributed by atoms with Crippen molar-refractivity contribution in [2.24, 2.45) is 0 Å². The number of nitrogens with zero attached hydrogens (tertiary/aromatic N) is 3. The van der Waals surface area contributed by atoms with Gasteiger partial charge in [0.05, 0.1) is 28.5 Å². The zero-order valence-corrected chi connectivity index (χ0v) is 11.7. The maximum absolute atomic E-state index is 10.6. The van der Waals surface area contributed by atoms with Crippen LogP contribution in [0.4, 0.5) is 5.88 Å². The van der Waals surface area contributed by atoms with Crippen molar-refractivity contribution in [2.45, 2.75) is 12.2 Å². The Morgan fingerprint density at radius 3 is 2.86 bits per heavy atom. The Balaban J connectivity index is 1.64. The Morgan fingerprint density at radius 1 is 1.23 bits per heavy atom. The van der Waals surface area contributed by atoms with Crippen LogP contribution < -0.4 is 0 Å². The summed E-state index contributed by atoms with van der Waals surface area (Å²) in [6.45, 7) is 0. The molecule has 7 nitrogen and oxygen atoms in total. The van der Waals surface area contributed by atoms with Crippen molar-refractivity contribution in [1.82, 2.24) is 9.97 Å². The minimum Gasteiger partial charge on any atom is -0.403 e. The Morgan fingerprint density at radius 2 is 2.09 bits per heavy atom. The predicted octanol–water partition coefficient (Wildman–Crippen LogP) is 3.60. The summed E-state index contributed by atoms with van der Waals surface area (Å²) in [5, 5.41) is 11.1. The first-order valence-electron chi connectivity index (χ1n) is 6.44. The van der Waals surface area contributed by atoms with Gasteiger partial charge in [-0.15, -0.1) is 0 Å². The van der Waals surface area contributed by atoms with Gasteiger partial charge >= 0.3 is 5.88 Å². The van der Waals surface area contributed by atoms with Gasteiger partial charge in [0.1, 0.15) is 28.4 Å². The number of rotatable bonds is 3. The molecule has 0 bridgehead atoms. The molecule has 1 fully saturated rings. The summed E-state index contributed by atoms with van der Waals surface area (Å²) in [5.74, 6) is 0.0923. The van der Waals surface area contributed by atoms with Gasteiger partial charge in [-0.25, -0.2) is 4.98 Å². The van der Waals surface area contributed by atoms with Crippen LogP contribution in [0.5, 0.6) is 0 Å². The molecular weight excluding hydrogens is 310 g/mol. The summed E-state index contributed by atoms with van der Waals surface area (Å²) < 4.78 is 10.6. The van der Waals surface area contributed by atoms with E-state index in [2.05, 4.69) is 9.97 Å². The normalized spacial score (nSPS) is 20.2. The number of hydrogen-bond acceptors (Lipinski definition) is 6. The third kappa shape index (κ3) is 2.11. The van der Waals surface area contributed by atoms with Crippen LogP contribution in [0.1, 0.15) is 23.7 Å². The van der Waals surface area contributed by atoms with E-state index >= 15 is 0 Å². The minimum atomic E-state index is -0.587. The van der Waals surface area contributed by atoms with Crippen LogP contribution >= 0.6 is 11.6 Å². The van der Waals surface area contributed by atoms with Crippen LogP contribution in [0.15, 0.2) is 40.9 Å². The number of furan rings is 1. The lowest BCUT2D eigenvalue weighted by Crippen LogP contribution is -1.92. The van der Waals surface area contributed by atoms with Gasteiger partial charge in [0.2, 0.25) is 0 Å². The van der Waals surface area contributed by atoms with Crippen LogP contribution in [0, 0.1) is 10.1 Å². The molecule has 2 unspecified atom stereocenters. The smallest absolute Gasteiger partial charge is 0.403 e. The molecule has 0 saturated carbocycles. The second-order valence-corrected chi connectivity index (χ2v) is 5.22. The largest absolute Gasteiger partial charge is 0.433 e. The molecule has 1 aromatic carbocycles. The Labute approximate surface area is 128 Å². The van der Waals surface area contributed by atoms with Crippen LogP contribution in [0.2, 0.25) is 5.02 Å². The Kier molecular flexibility index (Phi) is 2.85. The molecule has 22 heavy (non-hydrogen) atoms. The molecular formula is C14H8ClN3O4. The summed E-state index contributed by atoms with van der Waals surface area (Å²) in [6.07, 6.45) is 0.891. The molecule has 1 aliphatic heterocycles. The van der Waals surface area contributed by atoms with Crippen LogP contribution in [0.3, 0.4) is 0 Å². The number of hydrogen-bond donors (Lipinski definition) is 0. The fourth-order valence-corrected chi connectivity index (χ4v) is 2.51. The van der Waals surface area contributed by atoms with Crippen molar-refractivity contribution in [3.63, 3.8) is 0 Å². The van der Waals surface area contributed by atoms with Crippen molar-refractivity contribution in [3.8, 4) is 0 Å². The molecule has 110 valence electrons. The first kappa shape index (κ1) is 13.2. The lowest BCUT2D eigenvalue weighted by atomic mass is 10.2. The highest BCUT2D eigenvalue weighted by Crippen LogP contribution is 2.51.